The van der Waals surface area contributed by atoms with E-state index in [-0.39, 0.29) is 34.5 Å². The predicted octanol–water partition coefficient (Wildman–Crippen LogP) is 2.44. The molecule has 0 bridgehead atoms. The van der Waals surface area contributed by atoms with E-state index >= 15 is 0 Å². The Balaban J connectivity index is 1.68. The molecule has 3 aromatic rings. The summed E-state index contributed by atoms with van der Waals surface area (Å²) in [7, 11) is 0. The van der Waals surface area contributed by atoms with Crippen molar-refractivity contribution in [1.29, 1.82) is 0 Å². The molecule has 10 heteroatoms. The van der Waals surface area contributed by atoms with Crippen LogP contribution in [0, 0.1) is 6.92 Å². The van der Waals surface area contributed by atoms with Crippen molar-refractivity contribution in [3.63, 3.8) is 0 Å². The van der Waals surface area contributed by atoms with Gasteiger partial charge in [0.15, 0.2) is 0 Å². The van der Waals surface area contributed by atoms with Crippen molar-refractivity contribution in [2.24, 2.45) is 0 Å². The number of carboxylic acid groups (broad SMARTS) is 2. The van der Waals surface area contributed by atoms with Crippen LogP contribution < -0.4 is 16.2 Å². The van der Waals surface area contributed by atoms with Gasteiger partial charge in [-0.2, -0.15) is 0 Å². The number of hydrogen-bond donors (Lipinski definition) is 4. The molecule has 3 rings (SSSR count). The predicted molar refractivity (Wildman–Crippen MR) is 119 cm³/mol. The molecule has 1 aromatic heterocycles. The molecule has 4 N–H and O–H groups in total. The molecule has 1 heterocycles. The first-order valence-electron chi connectivity index (χ1n) is 9.62. The van der Waals surface area contributed by atoms with Gasteiger partial charge in [0.05, 0.1) is 11.1 Å². The smallest absolute Gasteiger partial charge is 0.335 e. The van der Waals surface area contributed by atoms with E-state index in [0.717, 1.165) is 23.8 Å². The number of nitrogens with zero attached hydrogens (tertiary/aromatic N) is 1. The molecule has 0 fully saturated rings. The zero-order chi connectivity index (χ0) is 24.1. The van der Waals surface area contributed by atoms with Gasteiger partial charge in [-0.25, -0.2) is 9.59 Å². The molecule has 2 aromatic carbocycles. The fraction of sp³-hybridized carbons (Fsp3) is 0.0870. The van der Waals surface area contributed by atoms with Crippen LogP contribution in [-0.2, 0) is 11.3 Å². The number of aryl methyl sites for hydroxylation is 1. The summed E-state index contributed by atoms with van der Waals surface area (Å²) >= 11 is 0. The molecule has 0 aliphatic heterocycles. The van der Waals surface area contributed by atoms with E-state index in [1.807, 2.05) is 0 Å². The van der Waals surface area contributed by atoms with E-state index in [9.17, 15) is 24.0 Å². The summed E-state index contributed by atoms with van der Waals surface area (Å²) in [5, 5.41) is 23.4. The summed E-state index contributed by atoms with van der Waals surface area (Å²) in [6.07, 6.45) is 1.57. The highest BCUT2D eigenvalue weighted by Crippen LogP contribution is 2.18. The molecular weight excluding hydrogens is 430 g/mol. The van der Waals surface area contributed by atoms with Gasteiger partial charge in [0.1, 0.15) is 6.54 Å². The number of anilines is 2. The standard InChI is InChI=1S/C23H19N3O7/c1-13-2-7-20(28)26(11-13)12-19(27)24-17-5-3-14(4-6-17)21(29)25-18-9-15(22(30)31)8-16(10-18)23(32)33/h2-11H,12H2,1H3,(H,24,27)(H,25,29)(H,30,31)(H,32,33). The Morgan fingerprint density at radius 2 is 1.39 bits per heavy atom. The Morgan fingerprint density at radius 3 is 1.97 bits per heavy atom. The maximum atomic E-state index is 12.5. The number of hydrogen-bond acceptors (Lipinski definition) is 5. The average molecular weight is 449 g/mol. The fourth-order valence-corrected chi connectivity index (χ4v) is 2.98. The van der Waals surface area contributed by atoms with Crippen molar-refractivity contribution in [3.05, 3.63) is 93.4 Å². The van der Waals surface area contributed by atoms with Crippen LogP contribution in [-0.4, -0.2) is 38.5 Å². The van der Waals surface area contributed by atoms with Gasteiger partial charge in [-0.1, -0.05) is 6.07 Å². The van der Waals surface area contributed by atoms with Crippen molar-refractivity contribution in [3.8, 4) is 0 Å². The molecule has 0 spiro atoms. The Morgan fingerprint density at radius 1 is 0.788 bits per heavy atom. The number of aromatic nitrogens is 1. The molecule has 0 aliphatic carbocycles. The summed E-state index contributed by atoms with van der Waals surface area (Å²) in [5.74, 6) is -3.69. The molecule has 0 aliphatic rings. The average Bonchev–Trinajstić information content (AvgIpc) is 2.76. The lowest BCUT2D eigenvalue weighted by atomic mass is 10.1. The lowest BCUT2D eigenvalue weighted by Gasteiger charge is -2.10. The molecule has 10 nitrogen and oxygen atoms in total. The summed E-state index contributed by atoms with van der Waals surface area (Å²) in [6, 6.07) is 12.2. The molecule has 0 radical (unpaired) electrons. The minimum atomic E-state index is -1.33. The Bertz CT molecular complexity index is 1280. The van der Waals surface area contributed by atoms with E-state index in [1.165, 1.54) is 34.9 Å². The first-order valence-corrected chi connectivity index (χ1v) is 9.62. The number of rotatable bonds is 7. The molecule has 0 unspecified atom stereocenters. The SMILES string of the molecule is Cc1ccc(=O)n(CC(=O)Nc2ccc(C(=O)Nc3cc(C(=O)O)cc(C(=O)O)c3)cc2)c1. The van der Waals surface area contributed by atoms with Crippen molar-refractivity contribution in [1.82, 2.24) is 4.57 Å². The molecule has 33 heavy (non-hydrogen) atoms. The van der Waals surface area contributed by atoms with Gasteiger partial charge in [-0.3, -0.25) is 14.4 Å². The number of carbonyl (C=O) groups excluding carboxylic acids is 2. The monoisotopic (exact) mass is 449 g/mol. The number of carboxylic acids is 2. The van der Waals surface area contributed by atoms with Crippen LogP contribution in [0.15, 0.2) is 65.6 Å². The fourth-order valence-electron chi connectivity index (χ4n) is 2.98. The van der Waals surface area contributed by atoms with Crippen LogP contribution in [0.3, 0.4) is 0 Å². The zero-order valence-corrected chi connectivity index (χ0v) is 17.4. The summed E-state index contributed by atoms with van der Waals surface area (Å²) in [4.78, 5) is 58.9. The maximum Gasteiger partial charge on any atom is 0.335 e. The second-order valence-corrected chi connectivity index (χ2v) is 7.16. The van der Waals surface area contributed by atoms with Gasteiger partial charge in [-0.05, 0) is 55.0 Å². The van der Waals surface area contributed by atoms with Crippen LogP contribution in [0.2, 0.25) is 0 Å². The van der Waals surface area contributed by atoms with Crippen molar-refractivity contribution in [2.75, 3.05) is 10.6 Å². The number of nitrogens with one attached hydrogen (secondary N) is 2. The van der Waals surface area contributed by atoms with Crippen LogP contribution >= 0.6 is 0 Å². The molecule has 0 saturated carbocycles. The van der Waals surface area contributed by atoms with E-state index in [0.29, 0.717) is 5.69 Å². The van der Waals surface area contributed by atoms with E-state index < -0.39 is 23.8 Å². The quantitative estimate of drug-likeness (QED) is 0.432. The molecule has 2 amide bonds. The first kappa shape index (κ1) is 22.9. The largest absolute Gasteiger partial charge is 0.478 e. The second kappa shape index (κ2) is 9.60. The van der Waals surface area contributed by atoms with Gasteiger partial charge in [0.25, 0.3) is 11.5 Å². The Labute approximate surface area is 187 Å². The summed E-state index contributed by atoms with van der Waals surface area (Å²) in [6.45, 7) is 1.63. The lowest BCUT2D eigenvalue weighted by molar-refractivity contribution is -0.116. The zero-order valence-electron chi connectivity index (χ0n) is 17.4. The van der Waals surface area contributed by atoms with Crippen LogP contribution in [0.5, 0.6) is 0 Å². The number of amides is 2. The highest BCUT2D eigenvalue weighted by Gasteiger charge is 2.14. The molecular formula is C23H19N3O7. The lowest BCUT2D eigenvalue weighted by Crippen LogP contribution is -2.26. The van der Waals surface area contributed by atoms with Crippen molar-refractivity contribution >= 4 is 35.1 Å². The van der Waals surface area contributed by atoms with Crippen LogP contribution in [0.1, 0.15) is 36.6 Å². The minimum absolute atomic E-state index is 0.0123. The van der Waals surface area contributed by atoms with Gasteiger partial charge in [-0.15, -0.1) is 0 Å². The normalized spacial score (nSPS) is 10.3. The third kappa shape index (κ3) is 5.91. The van der Waals surface area contributed by atoms with Crippen molar-refractivity contribution in [2.45, 2.75) is 13.5 Å². The van der Waals surface area contributed by atoms with Gasteiger partial charge < -0.3 is 25.4 Å². The number of benzene rings is 2. The molecule has 0 saturated heterocycles. The Hall–Kier alpha value is -4.73. The third-order valence-electron chi connectivity index (χ3n) is 4.56. The number of carbonyl (C=O) groups is 4. The van der Waals surface area contributed by atoms with E-state index in [2.05, 4.69) is 10.6 Å². The highest BCUT2D eigenvalue weighted by atomic mass is 16.4. The second-order valence-electron chi connectivity index (χ2n) is 7.16. The van der Waals surface area contributed by atoms with Crippen LogP contribution in [0.25, 0.3) is 0 Å². The summed E-state index contributed by atoms with van der Waals surface area (Å²) in [5.41, 5.74) is 0.576. The first-order chi connectivity index (χ1) is 15.6. The maximum absolute atomic E-state index is 12.5. The Kier molecular flexibility index (Phi) is 6.68. The topological polar surface area (TPSA) is 155 Å². The molecule has 0 atom stereocenters. The third-order valence-corrected chi connectivity index (χ3v) is 4.56. The van der Waals surface area contributed by atoms with Crippen molar-refractivity contribution < 1.29 is 29.4 Å². The molecule has 168 valence electrons. The summed E-state index contributed by atoms with van der Waals surface area (Å²) < 4.78 is 1.28. The van der Waals surface area contributed by atoms with Gasteiger partial charge in [0.2, 0.25) is 5.91 Å². The highest BCUT2D eigenvalue weighted by molar-refractivity contribution is 6.06. The van der Waals surface area contributed by atoms with E-state index in [4.69, 9.17) is 10.2 Å². The van der Waals surface area contributed by atoms with Gasteiger partial charge in [0, 0.05) is 29.2 Å². The number of pyridine rings is 1. The number of aromatic carboxylic acids is 2. The van der Waals surface area contributed by atoms with E-state index in [1.54, 1.807) is 19.2 Å². The van der Waals surface area contributed by atoms with Gasteiger partial charge >= 0.3 is 11.9 Å². The van der Waals surface area contributed by atoms with Crippen LogP contribution in [0.4, 0.5) is 11.4 Å². The minimum Gasteiger partial charge on any atom is -0.478 e.